The van der Waals surface area contributed by atoms with Gasteiger partial charge in [-0.1, -0.05) is 32.9 Å². The lowest BCUT2D eigenvalue weighted by molar-refractivity contribution is 0.554. The predicted octanol–water partition coefficient (Wildman–Crippen LogP) is 4.38. The highest BCUT2D eigenvalue weighted by atomic mass is 32.1. The summed E-state index contributed by atoms with van der Waals surface area (Å²) in [6.45, 7) is 11.5. The van der Waals surface area contributed by atoms with Gasteiger partial charge in [0.2, 0.25) is 5.13 Å². The lowest BCUT2D eigenvalue weighted by Crippen LogP contribution is -2.15. The topological polar surface area (TPSA) is 55.6 Å². The summed E-state index contributed by atoms with van der Waals surface area (Å²) in [5.74, 6) is 1.91. The van der Waals surface area contributed by atoms with Gasteiger partial charge in [0.15, 0.2) is 0 Å². The molecule has 0 amide bonds. The van der Waals surface area contributed by atoms with Crippen molar-refractivity contribution in [3.05, 3.63) is 35.9 Å². The van der Waals surface area contributed by atoms with Crippen LogP contribution < -0.4 is 5.32 Å². The van der Waals surface area contributed by atoms with Crippen LogP contribution in [0.3, 0.4) is 0 Å². The van der Waals surface area contributed by atoms with E-state index in [1.165, 1.54) is 17.0 Å². The van der Waals surface area contributed by atoms with Gasteiger partial charge in [0, 0.05) is 23.5 Å². The Balaban J connectivity index is 1.89. The Morgan fingerprint density at radius 3 is 2.61 bits per heavy atom. The number of nitrogens with zero attached hydrogens (tertiary/aromatic N) is 4. The van der Waals surface area contributed by atoms with Crippen LogP contribution in [0.1, 0.15) is 52.3 Å². The van der Waals surface area contributed by atoms with Crippen molar-refractivity contribution >= 4 is 27.7 Å². The van der Waals surface area contributed by atoms with Crippen LogP contribution in [0.4, 0.5) is 5.13 Å². The normalized spacial score (nSPS) is 13.4. The van der Waals surface area contributed by atoms with Crippen LogP contribution in [0.15, 0.2) is 24.3 Å². The van der Waals surface area contributed by atoms with Crippen LogP contribution in [0.2, 0.25) is 0 Å². The molecule has 3 aromatic rings. The Morgan fingerprint density at radius 2 is 1.96 bits per heavy atom. The molecule has 5 nitrogen and oxygen atoms in total. The SMILES string of the molecule is CCn1c(C(C)Nc2nc(C(C)(C)C)ns2)nc2ccccc21. The first-order valence-electron chi connectivity index (χ1n) is 7.96. The van der Waals surface area contributed by atoms with Crippen molar-refractivity contribution in [2.75, 3.05) is 5.32 Å². The van der Waals surface area contributed by atoms with E-state index in [2.05, 4.69) is 72.1 Å². The maximum absolute atomic E-state index is 4.79. The third kappa shape index (κ3) is 3.08. The van der Waals surface area contributed by atoms with Gasteiger partial charge in [-0.2, -0.15) is 4.37 Å². The molecule has 1 aromatic carbocycles. The molecule has 2 aromatic heterocycles. The van der Waals surface area contributed by atoms with Gasteiger partial charge >= 0.3 is 0 Å². The molecule has 1 unspecified atom stereocenters. The molecule has 0 spiro atoms. The number of imidazole rings is 1. The zero-order chi connectivity index (χ0) is 16.6. The average Bonchev–Trinajstić information content (AvgIpc) is 3.10. The number of aryl methyl sites for hydroxylation is 1. The van der Waals surface area contributed by atoms with E-state index in [0.29, 0.717) is 0 Å². The van der Waals surface area contributed by atoms with Crippen LogP contribution in [-0.2, 0) is 12.0 Å². The van der Waals surface area contributed by atoms with Crippen molar-refractivity contribution in [2.45, 2.75) is 52.6 Å². The molecular formula is C17H23N5S. The van der Waals surface area contributed by atoms with Crippen molar-refractivity contribution < 1.29 is 0 Å². The highest BCUT2D eigenvalue weighted by Gasteiger charge is 2.21. The first-order valence-corrected chi connectivity index (χ1v) is 8.73. The van der Waals surface area contributed by atoms with Gasteiger partial charge < -0.3 is 9.88 Å². The van der Waals surface area contributed by atoms with E-state index in [4.69, 9.17) is 4.98 Å². The Morgan fingerprint density at radius 1 is 1.22 bits per heavy atom. The highest BCUT2D eigenvalue weighted by molar-refractivity contribution is 7.09. The third-order valence-corrected chi connectivity index (χ3v) is 4.47. The first-order chi connectivity index (χ1) is 10.9. The molecule has 6 heteroatoms. The Bertz CT molecular complexity index is 812. The van der Waals surface area contributed by atoms with Crippen molar-refractivity contribution in [1.29, 1.82) is 0 Å². The minimum absolute atomic E-state index is 0.0315. The van der Waals surface area contributed by atoms with E-state index in [-0.39, 0.29) is 11.5 Å². The van der Waals surface area contributed by atoms with Gasteiger partial charge in [0.05, 0.1) is 17.1 Å². The molecule has 0 bridgehead atoms. The zero-order valence-electron chi connectivity index (χ0n) is 14.3. The Labute approximate surface area is 140 Å². The number of aromatic nitrogens is 4. The van der Waals surface area contributed by atoms with Gasteiger partial charge in [-0.25, -0.2) is 9.97 Å². The van der Waals surface area contributed by atoms with E-state index in [1.54, 1.807) is 0 Å². The summed E-state index contributed by atoms with van der Waals surface area (Å²) in [6.07, 6.45) is 0. The van der Waals surface area contributed by atoms with Crippen LogP contribution in [0.25, 0.3) is 11.0 Å². The maximum Gasteiger partial charge on any atom is 0.203 e. The molecule has 1 N–H and O–H groups in total. The van der Waals surface area contributed by atoms with Gasteiger partial charge in [-0.05, 0) is 26.0 Å². The first kappa shape index (κ1) is 15.9. The summed E-state index contributed by atoms with van der Waals surface area (Å²) in [5, 5.41) is 4.29. The summed E-state index contributed by atoms with van der Waals surface area (Å²) in [7, 11) is 0. The summed E-state index contributed by atoms with van der Waals surface area (Å²) < 4.78 is 6.71. The minimum atomic E-state index is -0.0315. The van der Waals surface area contributed by atoms with E-state index in [0.717, 1.165) is 28.8 Å². The number of para-hydroxylation sites is 2. The van der Waals surface area contributed by atoms with Crippen LogP contribution >= 0.6 is 11.5 Å². The number of hydrogen-bond donors (Lipinski definition) is 1. The van der Waals surface area contributed by atoms with Crippen molar-refractivity contribution in [2.24, 2.45) is 0 Å². The fraction of sp³-hybridized carbons (Fsp3) is 0.471. The second-order valence-corrected chi connectivity index (χ2v) is 7.49. The third-order valence-electron chi connectivity index (χ3n) is 3.82. The molecule has 0 saturated heterocycles. The summed E-state index contributed by atoms with van der Waals surface area (Å²) in [6, 6.07) is 8.32. The van der Waals surface area contributed by atoms with Crippen LogP contribution in [0, 0.1) is 0 Å². The molecular weight excluding hydrogens is 306 g/mol. The molecule has 0 radical (unpaired) electrons. The molecule has 0 aliphatic rings. The minimum Gasteiger partial charge on any atom is -0.351 e. The summed E-state index contributed by atoms with van der Waals surface area (Å²) >= 11 is 1.41. The molecule has 122 valence electrons. The molecule has 1 atom stereocenters. The highest BCUT2D eigenvalue weighted by Crippen LogP contribution is 2.27. The van der Waals surface area contributed by atoms with Gasteiger partial charge in [-0.3, -0.25) is 0 Å². The van der Waals surface area contributed by atoms with Crippen LogP contribution in [-0.4, -0.2) is 18.9 Å². The summed E-state index contributed by atoms with van der Waals surface area (Å²) in [5.41, 5.74) is 2.17. The number of hydrogen-bond acceptors (Lipinski definition) is 5. The predicted molar refractivity (Wildman–Crippen MR) is 96.1 cm³/mol. The molecule has 0 aliphatic carbocycles. The lowest BCUT2D eigenvalue weighted by Gasteiger charge is -2.15. The molecule has 0 aliphatic heterocycles. The molecule has 0 saturated carbocycles. The number of nitrogens with one attached hydrogen (secondary N) is 1. The fourth-order valence-electron chi connectivity index (χ4n) is 2.59. The number of benzene rings is 1. The van der Waals surface area contributed by atoms with E-state index < -0.39 is 0 Å². The standard InChI is InChI=1S/C17H23N5S/c1-6-22-13-10-8-7-9-12(13)19-14(22)11(2)18-16-20-15(21-23-16)17(3,4)5/h7-11H,6H2,1-5H3,(H,18,20,21). The lowest BCUT2D eigenvalue weighted by atomic mass is 9.96. The molecule has 0 fully saturated rings. The van der Waals surface area contributed by atoms with Gasteiger partial charge in [-0.15, -0.1) is 0 Å². The van der Waals surface area contributed by atoms with Gasteiger partial charge in [0.25, 0.3) is 0 Å². The van der Waals surface area contributed by atoms with Crippen molar-refractivity contribution in [3.63, 3.8) is 0 Å². The number of anilines is 1. The van der Waals surface area contributed by atoms with E-state index >= 15 is 0 Å². The van der Waals surface area contributed by atoms with E-state index in [1.807, 2.05) is 6.07 Å². The second-order valence-electron chi connectivity index (χ2n) is 6.74. The monoisotopic (exact) mass is 329 g/mol. The van der Waals surface area contributed by atoms with E-state index in [9.17, 15) is 0 Å². The molecule has 23 heavy (non-hydrogen) atoms. The van der Waals surface area contributed by atoms with Crippen LogP contribution in [0.5, 0.6) is 0 Å². The number of rotatable bonds is 4. The summed E-state index contributed by atoms with van der Waals surface area (Å²) in [4.78, 5) is 9.41. The van der Waals surface area contributed by atoms with Crippen molar-refractivity contribution in [3.8, 4) is 0 Å². The average molecular weight is 329 g/mol. The Kier molecular flexibility index (Phi) is 4.10. The Hall–Kier alpha value is -1.95. The smallest absolute Gasteiger partial charge is 0.203 e. The number of fused-ring (bicyclic) bond motifs is 1. The maximum atomic E-state index is 4.79. The van der Waals surface area contributed by atoms with Gasteiger partial charge in [0.1, 0.15) is 11.6 Å². The zero-order valence-corrected chi connectivity index (χ0v) is 15.1. The molecule has 3 rings (SSSR count). The quantitative estimate of drug-likeness (QED) is 0.772. The largest absolute Gasteiger partial charge is 0.351 e. The second kappa shape index (κ2) is 5.92. The molecule has 2 heterocycles. The fourth-order valence-corrected chi connectivity index (χ4v) is 3.44. The van der Waals surface area contributed by atoms with Crippen molar-refractivity contribution in [1.82, 2.24) is 18.9 Å².